The first-order valence-electron chi connectivity index (χ1n) is 12.5. The Bertz CT molecular complexity index is 1690. The lowest BCUT2D eigenvalue weighted by Crippen LogP contribution is -2.31. The predicted octanol–water partition coefficient (Wildman–Crippen LogP) is 5.71. The zero-order valence-corrected chi connectivity index (χ0v) is 22.7. The van der Waals surface area contributed by atoms with Gasteiger partial charge in [0.2, 0.25) is 5.78 Å². The number of carbonyl (C=O) groups is 2. The Labute approximate surface area is 234 Å². The van der Waals surface area contributed by atoms with Crippen LogP contribution in [0.5, 0.6) is 17.2 Å². The molecule has 1 atom stereocenters. The van der Waals surface area contributed by atoms with Crippen LogP contribution in [0.15, 0.2) is 76.4 Å². The first-order valence-corrected chi connectivity index (χ1v) is 12.9. The molecule has 6 rings (SSSR count). The maximum atomic E-state index is 14.0. The fourth-order valence-corrected chi connectivity index (χ4v) is 5.25. The maximum absolute atomic E-state index is 14.0. The van der Waals surface area contributed by atoms with Gasteiger partial charge in [-0.2, -0.15) is 0 Å². The number of nitrogens with zero attached hydrogens (tertiary/aromatic N) is 2. The third kappa shape index (κ3) is 4.19. The van der Waals surface area contributed by atoms with Crippen molar-refractivity contribution in [3.05, 3.63) is 88.3 Å². The molecule has 0 bridgehead atoms. The van der Waals surface area contributed by atoms with Crippen molar-refractivity contribution in [2.24, 2.45) is 0 Å². The van der Waals surface area contributed by atoms with E-state index in [1.807, 2.05) is 43.3 Å². The Morgan fingerprint density at radius 3 is 2.45 bits per heavy atom. The summed E-state index contributed by atoms with van der Waals surface area (Å²) in [7, 11) is 5.30. The summed E-state index contributed by atoms with van der Waals surface area (Å²) in [6.07, 6.45) is 0. The Balaban J connectivity index is 1.48. The smallest absolute Gasteiger partial charge is 0.294 e. The molecule has 3 aromatic carbocycles. The Kier molecular flexibility index (Phi) is 6.31. The molecule has 0 fully saturated rings. The van der Waals surface area contributed by atoms with E-state index in [4.69, 9.17) is 30.2 Å². The van der Waals surface area contributed by atoms with Crippen LogP contribution in [0.3, 0.4) is 0 Å². The lowest BCUT2D eigenvalue weighted by atomic mass is 9.94. The fourth-order valence-electron chi connectivity index (χ4n) is 5.04. The molecule has 0 aliphatic carbocycles. The van der Waals surface area contributed by atoms with Crippen molar-refractivity contribution in [2.45, 2.75) is 6.04 Å². The highest BCUT2D eigenvalue weighted by Gasteiger charge is 2.45. The summed E-state index contributed by atoms with van der Waals surface area (Å²) in [5.41, 5.74) is 2.21. The number of halogens is 1. The molecule has 1 amide bonds. The van der Waals surface area contributed by atoms with Crippen LogP contribution < -0.4 is 24.0 Å². The summed E-state index contributed by atoms with van der Waals surface area (Å²) in [5.74, 6) is -0.706. The highest BCUT2D eigenvalue weighted by atomic mass is 35.5. The van der Waals surface area contributed by atoms with Gasteiger partial charge in [-0.15, -0.1) is 0 Å². The molecule has 2 aliphatic rings. The number of carbonyl (C=O) groups excluding carboxylic acids is 2. The number of anilines is 2. The molecular weight excluding hydrogens is 536 g/mol. The van der Waals surface area contributed by atoms with Crippen molar-refractivity contribution in [3.63, 3.8) is 0 Å². The van der Waals surface area contributed by atoms with Gasteiger partial charge in [0.15, 0.2) is 34.4 Å². The molecular formula is C30H25ClN2O7. The van der Waals surface area contributed by atoms with Crippen molar-refractivity contribution in [1.82, 2.24) is 0 Å². The number of aliphatic hydroxyl groups is 1. The lowest BCUT2D eigenvalue weighted by molar-refractivity contribution is -0.117. The largest absolute Gasteiger partial charge is 0.503 e. The molecule has 9 nitrogen and oxygen atoms in total. The van der Waals surface area contributed by atoms with Crippen LogP contribution in [0.1, 0.15) is 22.2 Å². The van der Waals surface area contributed by atoms with Gasteiger partial charge in [0.25, 0.3) is 5.91 Å². The van der Waals surface area contributed by atoms with Crippen LogP contribution in [0.2, 0.25) is 5.02 Å². The number of ether oxygens (including phenoxy) is 3. The van der Waals surface area contributed by atoms with E-state index in [0.717, 1.165) is 5.69 Å². The first-order chi connectivity index (χ1) is 19.3. The molecule has 10 heteroatoms. The third-order valence-electron chi connectivity index (χ3n) is 6.97. The monoisotopic (exact) mass is 560 g/mol. The van der Waals surface area contributed by atoms with E-state index in [1.54, 1.807) is 30.3 Å². The number of aliphatic hydroxyl groups excluding tert-OH is 1. The topological polar surface area (TPSA) is 102 Å². The number of Topliss-reactive ketones (excluding diaryl/α,β-unsaturated/α-hetero) is 1. The van der Waals surface area contributed by atoms with Crippen molar-refractivity contribution in [3.8, 4) is 17.2 Å². The average Bonchev–Trinajstić information content (AvgIpc) is 3.50. The summed E-state index contributed by atoms with van der Waals surface area (Å²) in [4.78, 5) is 30.9. The molecule has 0 spiro atoms. The minimum absolute atomic E-state index is 0.0659. The lowest BCUT2D eigenvalue weighted by Gasteiger charge is -2.28. The molecule has 0 radical (unpaired) electrons. The molecule has 40 heavy (non-hydrogen) atoms. The molecule has 0 saturated carbocycles. The summed E-state index contributed by atoms with van der Waals surface area (Å²) in [5, 5.41) is 12.1. The predicted molar refractivity (Wildman–Crippen MR) is 150 cm³/mol. The van der Waals surface area contributed by atoms with E-state index >= 15 is 0 Å². The fraction of sp³-hybridized carbons (Fsp3) is 0.200. The number of methoxy groups -OCH3 is 1. The minimum Gasteiger partial charge on any atom is -0.503 e. The SMILES string of the molecule is COc1cc(Cl)cc2cc(C(=O)C3=C(O)C(=O)N(c4ccc5c(c4)OCCO5)C3c3ccc(N(C)C)cc3)oc12. The molecule has 1 N–H and O–H groups in total. The second-order valence-electron chi connectivity index (χ2n) is 9.62. The van der Waals surface area contributed by atoms with E-state index in [-0.39, 0.29) is 11.3 Å². The van der Waals surface area contributed by atoms with Crippen LogP contribution in [-0.4, -0.2) is 51.2 Å². The van der Waals surface area contributed by atoms with Gasteiger partial charge in [-0.05, 0) is 42.0 Å². The summed E-state index contributed by atoms with van der Waals surface area (Å²) in [6, 6.07) is 16.3. The number of furan rings is 1. The van der Waals surface area contributed by atoms with Gasteiger partial charge in [-0.3, -0.25) is 14.5 Å². The standard InChI is InChI=1S/C30H25ClN2O7/c1-32(2)19-6-4-16(5-7-19)26-25(27(34)23-13-17-12-18(31)14-24(37-3)29(17)40-23)28(35)30(36)33(26)20-8-9-21-22(15-20)39-11-10-38-21/h4-9,12-15,26,35H,10-11H2,1-3H3. The van der Waals surface area contributed by atoms with Gasteiger partial charge < -0.3 is 28.6 Å². The summed E-state index contributed by atoms with van der Waals surface area (Å²) >= 11 is 6.21. The second kappa shape index (κ2) is 9.84. The van der Waals surface area contributed by atoms with Gasteiger partial charge in [0, 0.05) is 48.0 Å². The molecule has 204 valence electrons. The summed E-state index contributed by atoms with van der Waals surface area (Å²) < 4.78 is 22.6. The third-order valence-corrected chi connectivity index (χ3v) is 7.19. The van der Waals surface area contributed by atoms with Gasteiger partial charge in [0.05, 0.1) is 18.7 Å². The molecule has 1 aromatic heterocycles. The van der Waals surface area contributed by atoms with E-state index < -0.39 is 23.5 Å². The normalized spacial score (nSPS) is 16.6. The highest BCUT2D eigenvalue weighted by Crippen LogP contribution is 2.45. The van der Waals surface area contributed by atoms with Crippen LogP contribution in [0, 0.1) is 0 Å². The number of benzene rings is 3. The van der Waals surface area contributed by atoms with E-state index in [9.17, 15) is 14.7 Å². The average molecular weight is 561 g/mol. The van der Waals surface area contributed by atoms with E-state index in [1.165, 1.54) is 18.1 Å². The van der Waals surface area contributed by atoms with E-state index in [0.29, 0.717) is 57.7 Å². The van der Waals surface area contributed by atoms with Crippen molar-refractivity contribution in [1.29, 1.82) is 0 Å². The zero-order valence-electron chi connectivity index (χ0n) is 21.9. The number of amides is 1. The molecule has 1 unspecified atom stereocenters. The van der Waals surface area contributed by atoms with Crippen molar-refractivity contribution >= 4 is 45.6 Å². The van der Waals surface area contributed by atoms with E-state index in [2.05, 4.69) is 0 Å². The molecule has 2 aliphatic heterocycles. The Morgan fingerprint density at radius 1 is 1.02 bits per heavy atom. The first kappa shape index (κ1) is 25.6. The molecule has 0 saturated heterocycles. The van der Waals surface area contributed by atoms with Crippen LogP contribution in [0.4, 0.5) is 11.4 Å². The molecule has 4 aromatic rings. The van der Waals surface area contributed by atoms with Gasteiger partial charge in [-0.1, -0.05) is 23.7 Å². The zero-order chi connectivity index (χ0) is 28.1. The van der Waals surface area contributed by atoms with Crippen molar-refractivity contribution < 1.29 is 33.3 Å². The minimum atomic E-state index is -0.947. The van der Waals surface area contributed by atoms with Gasteiger partial charge in [0.1, 0.15) is 13.2 Å². The number of rotatable bonds is 6. The van der Waals surface area contributed by atoms with Gasteiger partial charge >= 0.3 is 0 Å². The van der Waals surface area contributed by atoms with Gasteiger partial charge in [-0.25, -0.2) is 0 Å². The Morgan fingerprint density at radius 2 is 1.75 bits per heavy atom. The van der Waals surface area contributed by atoms with Crippen molar-refractivity contribution in [2.75, 3.05) is 44.2 Å². The number of fused-ring (bicyclic) bond motifs is 2. The van der Waals surface area contributed by atoms with Crippen LogP contribution in [-0.2, 0) is 4.79 Å². The Hall–Kier alpha value is -4.63. The number of hydrogen-bond donors (Lipinski definition) is 1. The van der Waals surface area contributed by atoms with Crippen LogP contribution >= 0.6 is 11.6 Å². The molecule has 3 heterocycles. The summed E-state index contributed by atoms with van der Waals surface area (Å²) in [6.45, 7) is 0.789. The number of ketones is 1. The van der Waals surface area contributed by atoms with Crippen LogP contribution in [0.25, 0.3) is 11.0 Å². The number of hydrogen-bond acceptors (Lipinski definition) is 8. The quantitative estimate of drug-likeness (QED) is 0.299. The maximum Gasteiger partial charge on any atom is 0.294 e. The second-order valence-corrected chi connectivity index (χ2v) is 10.1. The highest BCUT2D eigenvalue weighted by molar-refractivity contribution is 6.31.